The van der Waals surface area contributed by atoms with Crippen LogP contribution < -0.4 is 11.1 Å². The fraction of sp³-hybridized carbons (Fsp3) is 0.545. The first-order valence-corrected chi connectivity index (χ1v) is 6.41. The zero-order chi connectivity index (χ0) is 12.3. The number of rotatable bonds is 4. The number of carbonyl (C=O) groups excluding carboxylic acids is 1. The van der Waals surface area contributed by atoms with E-state index < -0.39 is 5.54 Å². The highest BCUT2D eigenvalue weighted by atomic mass is 35.5. The van der Waals surface area contributed by atoms with Crippen molar-refractivity contribution in [3.05, 3.63) is 21.3 Å². The average Bonchev–Trinajstić information content (AvgIpc) is 2.64. The first-order valence-electron chi connectivity index (χ1n) is 5.22. The second-order valence-corrected chi connectivity index (χ2v) is 5.85. The van der Waals surface area contributed by atoms with Crippen LogP contribution in [-0.2, 0) is 4.79 Å². The monoisotopic (exact) mass is 260 g/mol. The summed E-state index contributed by atoms with van der Waals surface area (Å²) in [5.74, 6) is -0.132. The van der Waals surface area contributed by atoms with E-state index in [-0.39, 0.29) is 11.9 Å². The van der Waals surface area contributed by atoms with Crippen molar-refractivity contribution in [1.82, 2.24) is 5.32 Å². The number of nitrogens with two attached hydrogens (primary N) is 1. The van der Waals surface area contributed by atoms with Crippen LogP contribution >= 0.6 is 22.9 Å². The summed E-state index contributed by atoms with van der Waals surface area (Å²) < 4.78 is 0.724. The zero-order valence-electron chi connectivity index (χ0n) is 9.71. The summed E-state index contributed by atoms with van der Waals surface area (Å²) in [6.45, 7) is 5.55. The molecule has 0 fully saturated rings. The number of amides is 1. The maximum absolute atomic E-state index is 11.8. The Morgan fingerprint density at radius 1 is 1.69 bits per heavy atom. The average molecular weight is 261 g/mol. The zero-order valence-corrected chi connectivity index (χ0v) is 11.3. The lowest BCUT2D eigenvalue weighted by atomic mass is 9.99. The number of hydrogen-bond acceptors (Lipinski definition) is 3. The molecule has 0 aliphatic carbocycles. The van der Waals surface area contributed by atoms with E-state index in [1.807, 2.05) is 26.0 Å². The Morgan fingerprint density at radius 3 is 2.75 bits per heavy atom. The van der Waals surface area contributed by atoms with E-state index in [0.29, 0.717) is 6.42 Å². The molecule has 1 heterocycles. The van der Waals surface area contributed by atoms with Crippen LogP contribution in [0.5, 0.6) is 0 Å². The standard InChI is InChI=1S/C11H17ClN2OS/c1-4-11(3,13)10(15)14-7(2)8-5-6-9(12)16-8/h5-7H,4,13H2,1-3H3,(H,14,15). The summed E-state index contributed by atoms with van der Waals surface area (Å²) in [5, 5.41) is 2.89. The largest absolute Gasteiger partial charge is 0.347 e. The molecular weight excluding hydrogens is 244 g/mol. The van der Waals surface area contributed by atoms with E-state index in [2.05, 4.69) is 5.32 Å². The molecule has 0 radical (unpaired) electrons. The van der Waals surface area contributed by atoms with Gasteiger partial charge in [-0.25, -0.2) is 0 Å². The highest BCUT2D eigenvalue weighted by Gasteiger charge is 2.27. The third-order valence-electron chi connectivity index (χ3n) is 2.62. The predicted octanol–water partition coefficient (Wildman–Crippen LogP) is 2.71. The normalized spacial score (nSPS) is 16.6. The molecule has 3 nitrogen and oxygen atoms in total. The summed E-state index contributed by atoms with van der Waals surface area (Å²) >= 11 is 7.31. The van der Waals surface area contributed by atoms with Crippen molar-refractivity contribution in [1.29, 1.82) is 0 Å². The van der Waals surface area contributed by atoms with Crippen molar-refractivity contribution >= 4 is 28.8 Å². The van der Waals surface area contributed by atoms with Gasteiger partial charge >= 0.3 is 0 Å². The second kappa shape index (κ2) is 5.17. The molecule has 0 aliphatic rings. The third kappa shape index (κ3) is 3.20. The summed E-state index contributed by atoms with van der Waals surface area (Å²) in [6.07, 6.45) is 0.608. The molecule has 0 saturated heterocycles. The summed E-state index contributed by atoms with van der Waals surface area (Å²) in [4.78, 5) is 12.9. The van der Waals surface area contributed by atoms with Crippen molar-refractivity contribution in [2.24, 2.45) is 5.73 Å². The molecule has 5 heteroatoms. The fourth-order valence-electron chi connectivity index (χ4n) is 1.15. The highest BCUT2D eigenvalue weighted by molar-refractivity contribution is 7.16. The minimum atomic E-state index is -0.810. The Hall–Kier alpha value is -0.580. The molecule has 1 rings (SSSR count). The molecule has 2 atom stereocenters. The van der Waals surface area contributed by atoms with Crippen LogP contribution in [0.25, 0.3) is 0 Å². The third-order valence-corrected chi connectivity index (χ3v) is 4.04. The van der Waals surface area contributed by atoms with Crippen LogP contribution in [0.2, 0.25) is 4.34 Å². The topological polar surface area (TPSA) is 55.1 Å². The van der Waals surface area contributed by atoms with Crippen molar-refractivity contribution in [3.63, 3.8) is 0 Å². The molecule has 0 saturated carbocycles. The molecule has 0 spiro atoms. The summed E-state index contributed by atoms with van der Waals surface area (Å²) in [5.41, 5.74) is 5.05. The lowest BCUT2D eigenvalue weighted by molar-refractivity contribution is -0.126. The Balaban J connectivity index is 2.65. The molecule has 0 bridgehead atoms. The van der Waals surface area contributed by atoms with Crippen LogP contribution in [0.15, 0.2) is 12.1 Å². The van der Waals surface area contributed by atoms with Gasteiger partial charge in [-0.15, -0.1) is 11.3 Å². The predicted molar refractivity (Wildman–Crippen MR) is 68.8 cm³/mol. The van der Waals surface area contributed by atoms with Crippen molar-refractivity contribution < 1.29 is 4.79 Å². The minimum absolute atomic E-state index is 0.0561. The van der Waals surface area contributed by atoms with Crippen molar-refractivity contribution in [2.45, 2.75) is 38.8 Å². The molecule has 16 heavy (non-hydrogen) atoms. The van der Waals surface area contributed by atoms with E-state index in [0.717, 1.165) is 9.21 Å². The Labute approximate surface area is 105 Å². The van der Waals surface area contributed by atoms with Crippen molar-refractivity contribution in [3.8, 4) is 0 Å². The highest BCUT2D eigenvalue weighted by Crippen LogP contribution is 2.26. The Morgan fingerprint density at radius 2 is 2.31 bits per heavy atom. The Kier molecular flexibility index (Phi) is 4.35. The molecule has 2 unspecified atom stereocenters. The number of thiophene rings is 1. The lowest BCUT2D eigenvalue weighted by Crippen LogP contribution is -2.51. The van der Waals surface area contributed by atoms with E-state index in [4.69, 9.17) is 17.3 Å². The van der Waals surface area contributed by atoms with E-state index in [1.165, 1.54) is 11.3 Å². The summed E-state index contributed by atoms with van der Waals surface area (Å²) in [6, 6.07) is 3.68. The first kappa shape index (κ1) is 13.5. The molecule has 3 N–H and O–H groups in total. The number of nitrogens with one attached hydrogen (secondary N) is 1. The van der Waals surface area contributed by atoms with Gasteiger partial charge in [0.05, 0.1) is 15.9 Å². The molecule has 1 aromatic rings. The van der Waals surface area contributed by atoms with Gasteiger partial charge in [0.15, 0.2) is 0 Å². The summed E-state index contributed by atoms with van der Waals surface area (Å²) in [7, 11) is 0. The smallest absolute Gasteiger partial charge is 0.240 e. The molecule has 1 aromatic heterocycles. The van der Waals surface area contributed by atoms with Gasteiger partial charge < -0.3 is 11.1 Å². The lowest BCUT2D eigenvalue weighted by Gasteiger charge is -2.24. The SMILES string of the molecule is CCC(C)(N)C(=O)NC(C)c1ccc(Cl)s1. The van der Waals surface area contributed by atoms with Crippen LogP contribution in [0.3, 0.4) is 0 Å². The molecule has 1 amide bonds. The Bertz CT molecular complexity index is 376. The first-order chi connectivity index (χ1) is 7.36. The number of halogens is 1. The van der Waals surface area contributed by atoms with Crippen LogP contribution in [-0.4, -0.2) is 11.4 Å². The number of carbonyl (C=O) groups is 1. The van der Waals surface area contributed by atoms with Gasteiger partial charge in [-0.3, -0.25) is 4.79 Å². The minimum Gasteiger partial charge on any atom is -0.347 e. The second-order valence-electron chi connectivity index (χ2n) is 4.11. The maximum atomic E-state index is 11.8. The molecular formula is C11H17ClN2OS. The van der Waals surface area contributed by atoms with E-state index in [9.17, 15) is 4.79 Å². The molecule has 0 aromatic carbocycles. The fourth-order valence-corrected chi connectivity index (χ4v) is 2.22. The number of hydrogen-bond donors (Lipinski definition) is 2. The van der Waals surface area contributed by atoms with E-state index >= 15 is 0 Å². The van der Waals surface area contributed by atoms with Crippen LogP contribution in [0.4, 0.5) is 0 Å². The van der Waals surface area contributed by atoms with Crippen molar-refractivity contribution in [2.75, 3.05) is 0 Å². The van der Waals surface area contributed by atoms with E-state index in [1.54, 1.807) is 6.92 Å². The van der Waals surface area contributed by atoms with Gasteiger partial charge in [0.2, 0.25) is 5.91 Å². The van der Waals surface area contributed by atoms with Gasteiger partial charge in [0, 0.05) is 4.88 Å². The van der Waals surface area contributed by atoms with Crippen LogP contribution in [0.1, 0.15) is 38.1 Å². The van der Waals surface area contributed by atoms with Gasteiger partial charge in [0.1, 0.15) is 0 Å². The quantitative estimate of drug-likeness (QED) is 0.875. The van der Waals surface area contributed by atoms with Gasteiger partial charge in [-0.2, -0.15) is 0 Å². The molecule has 90 valence electrons. The molecule has 0 aliphatic heterocycles. The van der Waals surface area contributed by atoms with Gasteiger partial charge in [-0.05, 0) is 32.4 Å². The van der Waals surface area contributed by atoms with Gasteiger partial charge in [0.25, 0.3) is 0 Å². The maximum Gasteiger partial charge on any atom is 0.240 e. The van der Waals surface area contributed by atoms with Gasteiger partial charge in [-0.1, -0.05) is 18.5 Å². The van der Waals surface area contributed by atoms with Crippen LogP contribution in [0, 0.1) is 0 Å².